The van der Waals surface area contributed by atoms with Crippen LogP contribution in [0.1, 0.15) is 0 Å². The number of carbonyl (C=O) groups excluding carboxylic acids is 1. The fraction of sp³-hybridized carbons (Fsp3) is 0.885. The number of quaternary nitrogens is 1. The van der Waals surface area contributed by atoms with Crippen LogP contribution in [-0.4, -0.2) is 301 Å². The average Bonchev–Trinajstić information content (AvgIpc) is 2.94. The van der Waals surface area contributed by atoms with E-state index in [1.807, 2.05) is 0 Å². The van der Waals surface area contributed by atoms with Gasteiger partial charge < -0.3 is 71.2 Å². The SMILES string of the molecule is O=C([O-])C[N+](CCO)(CC(=O)O)CC(=O)O.OCCN(CCO)CCO.OCCN(CCO)CCO.OCCN(CCO)CCO.[KH]. The molecule has 0 aliphatic heterocycles. The minimum absolute atomic E-state index is 0. The molecule has 0 heterocycles. The van der Waals surface area contributed by atoms with Crippen molar-refractivity contribution in [2.24, 2.45) is 0 Å². The zero-order chi connectivity index (χ0) is 36.2. The second kappa shape index (κ2) is 41.7. The number of hydrogen-bond acceptors (Lipinski definition) is 17. The third-order valence-electron chi connectivity index (χ3n) is 5.73. The average molecular weight is 723 g/mol. The number of rotatable bonds is 26. The standard InChI is InChI=1S/C8H13NO7.3C6H15NO3.K.H/c10-2-1-9(3-6(11)12,4-7(13)14)5-8(15)16;3*8-4-1-7(2-5-9)3-6-10;;/h10H,1-5H2,(H2-,11,12,13,14,15,16);3*8-10H,1-6H2;;. The van der Waals surface area contributed by atoms with Gasteiger partial charge in [0.2, 0.25) is 0 Å². The molecule has 0 aromatic carbocycles. The van der Waals surface area contributed by atoms with Crippen LogP contribution in [0.5, 0.6) is 0 Å². The fourth-order valence-electron chi connectivity index (χ4n) is 3.74. The Morgan fingerprint density at radius 1 is 0.426 bits per heavy atom. The molecule has 0 aromatic rings. The van der Waals surface area contributed by atoms with Gasteiger partial charge in [0.05, 0.1) is 72.0 Å². The van der Waals surface area contributed by atoms with Gasteiger partial charge in [-0.05, 0) is 0 Å². The molecule has 0 amide bonds. The molecule has 0 saturated carbocycles. The number of aliphatic hydroxyl groups is 10. The number of aliphatic hydroxyl groups excluding tert-OH is 10. The van der Waals surface area contributed by atoms with E-state index in [-0.39, 0.29) is 117 Å². The summed E-state index contributed by atoms with van der Waals surface area (Å²) in [5.74, 6) is -4.23. The molecule has 0 spiro atoms. The Hall–Kier alpha value is -0.514. The quantitative estimate of drug-likeness (QED) is 0.0291. The Labute approximate surface area is 318 Å². The zero-order valence-corrected chi connectivity index (χ0v) is 26.6. The topological polar surface area (TPSA) is 327 Å². The number of carbonyl (C=O) groups is 3. The van der Waals surface area contributed by atoms with E-state index in [0.717, 1.165) is 0 Å². The van der Waals surface area contributed by atoms with Gasteiger partial charge in [-0.25, -0.2) is 9.59 Å². The molecule has 20 nitrogen and oxygen atoms in total. The normalized spacial score (nSPS) is 10.7. The van der Waals surface area contributed by atoms with Crippen LogP contribution in [-0.2, 0) is 14.4 Å². The first kappa shape index (κ1) is 55.9. The summed E-state index contributed by atoms with van der Waals surface area (Å²) in [6.45, 7) is 2.33. The Kier molecular flexibility index (Phi) is 49.5. The minimum atomic E-state index is -1.56. The van der Waals surface area contributed by atoms with Gasteiger partial charge in [0.25, 0.3) is 0 Å². The maximum atomic E-state index is 10.5. The molecule has 0 fully saturated rings. The summed E-state index contributed by atoms with van der Waals surface area (Å²) >= 11 is 0. The summed E-state index contributed by atoms with van der Waals surface area (Å²) < 4.78 is -0.774. The number of nitrogens with zero attached hydrogens (tertiary/aromatic N) is 4. The fourth-order valence-corrected chi connectivity index (χ4v) is 3.74. The van der Waals surface area contributed by atoms with E-state index < -0.39 is 48.6 Å². The Morgan fingerprint density at radius 2 is 0.638 bits per heavy atom. The van der Waals surface area contributed by atoms with Crippen molar-refractivity contribution in [1.29, 1.82) is 0 Å². The van der Waals surface area contributed by atoms with Gasteiger partial charge in [-0.15, -0.1) is 0 Å². The first-order valence-electron chi connectivity index (χ1n) is 14.6. The molecule has 12 N–H and O–H groups in total. The monoisotopic (exact) mass is 722 g/mol. The van der Waals surface area contributed by atoms with Crippen LogP contribution < -0.4 is 5.11 Å². The second-order valence-corrected chi connectivity index (χ2v) is 9.46. The predicted molar refractivity (Wildman–Crippen MR) is 167 cm³/mol. The second-order valence-electron chi connectivity index (χ2n) is 9.46. The molecule has 0 atom stereocenters. The van der Waals surface area contributed by atoms with E-state index in [2.05, 4.69) is 0 Å². The molecule has 0 aromatic heterocycles. The summed E-state index contributed by atoms with van der Waals surface area (Å²) in [6.07, 6.45) is 0. The van der Waals surface area contributed by atoms with Crippen molar-refractivity contribution in [2.45, 2.75) is 0 Å². The van der Waals surface area contributed by atoms with Crippen LogP contribution in [0.15, 0.2) is 0 Å². The van der Waals surface area contributed by atoms with Crippen LogP contribution in [0.4, 0.5) is 0 Å². The predicted octanol–water partition coefficient (Wildman–Crippen LogP) is -9.14. The molecule has 0 aliphatic rings. The van der Waals surface area contributed by atoms with Crippen molar-refractivity contribution in [3.8, 4) is 0 Å². The third-order valence-corrected chi connectivity index (χ3v) is 5.73. The van der Waals surface area contributed by atoms with E-state index >= 15 is 0 Å². The van der Waals surface area contributed by atoms with E-state index in [1.54, 1.807) is 14.7 Å². The molecule has 280 valence electrons. The van der Waals surface area contributed by atoms with E-state index in [0.29, 0.717) is 58.9 Å². The van der Waals surface area contributed by atoms with Crippen molar-refractivity contribution in [3.05, 3.63) is 0 Å². The summed E-state index contributed by atoms with van der Waals surface area (Å²) in [4.78, 5) is 36.9. The molecule has 0 saturated heterocycles. The Bertz CT molecular complexity index is 577. The van der Waals surface area contributed by atoms with Gasteiger partial charge in [-0.1, -0.05) is 0 Å². The van der Waals surface area contributed by atoms with Crippen molar-refractivity contribution >= 4 is 69.3 Å². The first-order valence-corrected chi connectivity index (χ1v) is 14.6. The zero-order valence-electron chi connectivity index (χ0n) is 26.6. The van der Waals surface area contributed by atoms with Crippen molar-refractivity contribution in [2.75, 3.05) is 151 Å². The molecule has 21 heteroatoms. The molecule has 0 bridgehead atoms. The number of carboxylic acid groups (broad SMARTS) is 3. The molecule has 0 rings (SSSR count). The van der Waals surface area contributed by atoms with E-state index in [4.69, 9.17) is 61.3 Å². The van der Waals surface area contributed by atoms with Gasteiger partial charge in [0.15, 0.2) is 13.1 Å². The molecular formula is C26H59KN4O16. The molecule has 0 unspecified atom stereocenters. The van der Waals surface area contributed by atoms with Gasteiger partial charge in [0, 0.05) is 58.9 Å². The summed E-state index contributed by atoms with van der Waals surface area (Å²) in [7, 11) is 0. The van der Waals surface area contributed by atoms with Crippen molar-refractivity contribution in [3.63, 3.8) is 0 Å². The van der Waals surface area contributed by atoms with Crippen LogP contribution in [0.3, 0.4) is 0 Å². The van der Waals surface area contributed by atoms with Gasteiger partial charge in [0.1, 0.15) is 13.1 Å². The van der Waals surface area contributed by atoms with Crippen LogP contribution in [0.25, 0.3) is 0 Å². The Balaban J connectivity index is -0.000000170. The van der Waals surface area contributed by atoms with Gasteiger partial charge in [-0.2, -0.15) is 0 Å². The number of carboxylic acids is 3. The summed E-state index contributed by atoms with van der Waals surface area (Å²) in [6, 6.07) is 0. The number of hydrogen-bond donors (Lipinski definition) is 12. The molecule has 47 heavy (non-hydrogen) atoms. The van der Waals surface area contributed by atoms with Crippen molar-refractivity contribution < 1.29 is 85.3 Å². The van der Waals surface area contributed by atoms with Crippen molar-refractivity contribution in [1.82, 2.24) is 14.7 Å². The molecule has 0 aliphatic carbocycles. The summed E-state index contributed by atoms with van der Waals surface area (Å²) in [5.41, 5.74) is 0. The van der Waals surface area contributed by atoms with Crippen LogP contribution in [0, 0.1) is 0 Å². The van der Waals surface area contributed by atoms with Crippen LogP contribution >= 0.6 is 0 Å². The van der Waals surface area contributed by atoms with E-state index in [9.17, 15) is 19.5 Å². The van der Waals surface area contributed by atoms with Gasteiger partial charge in [-0.3, -0.25) is 19.2 Å². The molecular weight excluding hydrogens is 663 g/mol. The van der Waals surface area contributed by atoms with Crippen LogP contribution in [0.2, 0.25) is 0 Å². The first-order chi connectivity index (χ1) is 21.8. The van der Waals surface area contributed by atoms with Gasteiger partial charge >= 0.3 is 63.3 Å². The summed E-state index contributed by atoms with van der Waals surface area (Å²) in [5, 5.41) is 113. The Morgan fingerprint density at radius 3 is 0.766 bits per heavy atom. The number of aliphatic carboxylic acids is 3. The third kappa shape index (κ3) is 41.6. The van der Waals surface area contributed by atoms with E-state index in [1.165, 1.54) is 0 Å². The molecule has 0 radical (unpaired) electrons. The maximum absolute atomic E-state index is 10.5.